The summed E-state index contributed by atoms with van der Waals surface area (Å²) in [6.07, 6.45) is 0. The molecule has 0 aliphatic heterocycles. The molecule has 0 saturated carbocycles. The summed E-state index contributed by atoms with van der Waals surface area (Å²) in [5.41, 5.74) is 1.01. The Morgan fingerprint density at radius 1 is 1.24 bits per heavy atom. The summed E-state index contributed by atoms with van der Waals surface area (Å²) in [7, 11) is -1.95. The number of nitrogens with zero attached hydrogens (tertiary/aromatic N) is 2. The number of fused-ring (bicyclic) bond motifs is 1. The number of nitrogens with one attached hydrogen (secondary N) is 2. The van der Waals surface area contributed by atoms with Crippen LogP contribution in [-0.4, -0.2) is 50.5 Å². The van der Waals surface area contributed by atoms with E-state index >= 15 is 0 Å². The molecule has 2 aromatic rings. The number of rotatable bonds is 8. The van der Waals surface area contributed by atoms with E-state index < -0.39 is 10.0 Å². The van der Waals surface area contributed by atoms with Crippen molar-refractivity contribution in [3.8, 4) is 0 Å². The summed E-state index contributed by atoms with van der Waals surface area (Å²) in [6, 6.07) is 4.93. The molecule has 2 rings (SSSR count). The van der Waals surface area contributed by atoms with Crippen LogP contribution >= 0.6 is 24.1 Å². The highest BCUT2D eigenvalue weighted by atomic mass is 35.5. The molecule has 10 heteroatoms. The maximum absolute atomic E-state index is 12.2. The highest BCUT2D eigenvalue weighted by molar-refractivity contribution is 7.89. The molecule has 0 amide bonds. The van der Waals surface area contributed by atoms with Crippen LogP contribution in [0.15, 0.2) is 23.1 Å². The van der Waals surface area contributed by atoms with E-state index in [4.69, 9.17) is 4.74 Å². The van der Waals surface area contributed by atoms with E-state index in [9.17, 15) is 8.42 Å². The molecule has 0 aliphatic carbocycles. The van der Waals surface area contributed by atoms with E-state index in [1.54, 1.807) is 19.2 Å². The van der Waals surface area contributed by atoms with Crippen LogP contribution in [-0.2, 0) is 14.8 Å². The van der Waals surface area contributed by atoms with Crippen molar-refractivity contribution in [2.75, 3.05) is 33.4 Å². The third-order valence-electron chi connectivity index (χ3n) is 2.62. The Hall–Kier alpha value is -0.840. The lowest BCUT2D eigenvalue weighted by Crippen LogP contribution is -2.33. The van der Waals surface area contributed by atoms with Gasteiger partial charge in [-0.25, -0.2) is 13.1 Å². The van der Waals surface area contributed by atoms with Gasteiger partial charge in [-0.05, 0) is 12.1 Å². The standard InChI is InChI=1S/C11H16N4O3S2.ClH/c1-18-8-7-12-5-6-13-20(16,17)10-4-2-3-9-11(10)15-19-14-9;/h2-4,12-13H,5-8H2,1H3;1H. The molecule has 0 fully saturated rings. The first kappa shape index (κ1) is 18.2. The van der Waals surface area contributed by atoms with Gasteiger partial charge in [0.25, 0.3) is 0 Å². The first-order chi connectivity index (χ1) is 9.65. The number of aromatic nitrogens is 2. The molecule has 7 nitrogen and oxygen atoms in total. The largest absolute Gasteiger partial charge is 0.383 e. The lowest BCUT2D eigenvalue weighted by Gasteiger charge is -2.07. The van der Waals surface area contributed by atoms with Crippen LogP contribution in [0.1, 0.15) is 0 Å². The van der Waals surface area contributed by atoms with Crippen LogP contribution in [0.25, 0.3) is 11.0 Å². The highest BCUT2D eigenvalue weighted by Crippen LogP contribution is 2.20. The molecule has 21 heavy (non-hydrogen) atoms. The molecule has 1 aromatic heterocycles. The van der Waals surface area contributed by atoms with E-state index in [-0.39, 0.29) is 17.3 Å². The SMILES string of the molecule is COCCNCCNS(=O)(=O)c1cccc2nsnc12.Cl. The first-order valence-electron chi connectivity index (χ1n) is 6.06. The molecule has 0 saturated heterocycles. The Morgan fingerprint density at radius 3 is 2.81 bits per heavy atom. The van der Waals surface area contributed by atoms with Gasteiger partial charge in [0.1, 0.15) is 15.9 Å². The van der Waals surface area contributed by atoms with Crippen molar-refractivity contribution in [3.63, 3.8) is 0 Å². The van der Waals surface area contributed by atoms with Gasteiger partial charge in [-0.15, -0.1) is 12.4 Å². The molecule has 0 spiro atoms. The summed E-state index contributed by atoms with van der Waals surface area (Å²) in [6.45, 7) is 2.12. The number of halogens is 1. The fourth-order valence-electron chi connectivity index (χ4n) is 1.65. The Bertz CT molecular complexity index is 662. The Labute approximate surface area is 133 Å². The molecule has 1 aromatic carbocycles. The lowest BCUT2D eigenvalue weighted by atomic mass is 10.3. The molecule has 2 N–H and O–H groups in total. The van der Waals surface area contributed by atoms with Gasteiger partial charge < -0.3 is 10.1 Å². The van der Waals surface area contributed by atoms with Crippen LogP contribution in [0.4, 0.5) is 0 Å². The van der Waals surface area contributed by atoms with Gasteiger partial charge in [0, 0.05) is 26.7 Å². The number of sulfonamides is 1. The van der Waals surface area contributed by atoms with Crippen molar-refractivity contribution in [1.82, 2.24) is 18.8 Å². The van der Waals surface area contributed by atoms with Crippen LogP contribution in [0.5, 0.6) is 0 Å². The zero-order chi connectivity index (χ0) is 14.4. The maximum atomic E-state index is 12.2. The fraction of sp³-hybridized carbons (Fsp3) is 0.455. The van der Waals surface area contributed by atoms with Crippen molar-refractivity contribution in [2.45, 2.75) is 4.90 Å². The van der Waals surface area contributed by atoms with Gasteiger partial charge in [0.15, 0.2) is 0 Å². The predicted octanol–water partition coefficient (Wildman–Crippen LogP) is 0.627. The van der Waals surface area contributed by atoms with Crippen LogP contribution in [0.2, 0.25) is 0 Å². The minimum Gasteiger partial charge on any atom is -0.383 e. The quantitative estimate of drug-likeness (QED) is 0.677. The molecule has 0 radical (unpaired) electrons. The maximum Gasteiger partial charge on any atom is 0.242 e. The van der Waals surface area contributed by atoms with E-state index in [0.29, 0.717) is 37.3 Å². The topological polar surface area (TPSA) is 93.2 Å². The molecular formula is C11H17ClN4O3S2. The van der Waals surface area contributed by atoms with Gasteiger partial charge in [-0.1, -0.05) is 6.07 Å². The average Bonchev–Trinajstić information content (AvgIpc) is 2.90. The van der Waals surface area contributed by atoms with E-state index in [0.717, 1.165) is 11.7 Å². The van der Waals surface area contributed by atoms with Crippen molar-refractivity contribution >= 4 is 45.2 Å². The summed E-state index contributed by atoms with van der Waals surface area (Å²) in [4.78, 5) is 0.167. The fourth-order valence-corrected chi connectivity index (χ4v) is 3.45. The van der Waals surface area contributed by atoms with Gasteiger partial charge in [0.05, 0.1) is 18.3 Å². The second-order valence-corrected chi connectivity index (χ2v) is 6.29. The van der Waals surface area contributed by atoms with Crippen LogP contribution in [0, 0.1) is 0 Å². The van der Waals surface area contributed by atoms with Crippen LogP contribution < -0.4 is 10.0 Å². The molecular weight excluding hydrogens is 336 g/mol. The number of methoxy groups -OCH3 is 1. The van der Waals surface area contributed by atoms with Crippen molar-refractivity contribution < 1.29 is 13.2 Å². The van der Waals surface area contributed by atoms with Crippen molar-refractivity contribution in [3.05, 3.63) is 18.2 Å². The molecule has 0 aliphatic rings. The molecule has 118 valence electrons. The normalized spacial score (nSPS) is 11.5. The monoisotopic (exact) mass is 352 g/mol. The Morgan fingerprint density at radius 2 is 2.05 bits per heavy atom. The highest BCUT2D eigenvalue weighted by Gasteiger charge is 2.18. The number of hydrogen-bond acceptors (Lipinski definition) is 7. The predicted molar refractivity (Wildman–Crippen MR) is 84.6 cm³/mol. The lowest BCUT2D eigenvalue weighted by molar-refractivity contribution is 0.199. The zero-order valence-corrected chi connectivity index (χ0v) is 13.9. The average molecular weight is 353 g/mol. The van der Waals surface area contributed by atoms with Crippen molar-refractivity contribution in [2.24, 2.45) is 0 Å². The summed E-state index contributed by atoms with van der Waals surface area (Å²) >= 11 is 1.00. The third-order valence-corrected chi connectivity index (χ3v) is 4.65. The number of benzene rings is 1. The van der Waals surface area contributed by atoms with Gasteiger partial charge >= 0.3 is 0 Å². The van der Waals surface area contributed by atoms with E-state index in [2.05, 4.69) is 18.8 Å². The molecule has 0 bridgehead atoms. The number of hydrogen-bond donors (Lipinski definition) is 2. The van der Waals surface area contributed by atoms with Gasteiger partial charge in [0.2, 0.25) is 10.0 Å². The third kappa shape index (κ3) is 4.83. The Kier molecular flexibility index (Phi) is 7.43. The van der Waals surface area contributed by atoms with E-state index in [1.807, 2.05) is 0 Å². The first-order valence-corrected chi connectivity index (χ1v) is 8.27. The zero-order valence-electron chi connectivity index (χ0n) is 11.4. The number of ether oxygens (including phenoxy) is 1. The second kappa shape index (κ2) is 8.57. The molecule has 0 unspecified atom stereocenters. The minimum atomic E-state index is -3.57. The summed E-state index contributed by atoms with van der Waals surface area (Å²) in [5, 5.41) is 3.06. The second-order valence-electron chi connectivity index (χ2n) is 4.03. The molecule has 1 heterocycles. The smallest absolute Gasteiger partial charge is 0.242 e. The van der Waals surface area contributed by atoms with Crippen molar-refractivity contribution in [1.29, 1.82) is 0 Å². The molecule has 0 atom stereocenters. The summed E-state index contributed by atoms with van der Waals surface area (Å²) < 4.78 is 39.9. The van der Waals surface area contributed by atoms with Crippen LogP contribution in [0.3, 0.4) is 0 Å². The van der Waals surface area contributed by atoms with Gasteiger partial charge in [-0.2, -0.15) is 8.75 Å². The van der Waals surface area contributed by atoms with E-state index in [1.165, 1.54) is 6.07 Å². The Balaban J connectivity index is 0.00000220. The summed E-state index contributed by atoms with van der Waals surface area (Å²) in [5.74, 6) is 0. The van der Waals surface area contributed by atoms with Gasteiger partial charge in [-0.3, -0.25) is 0 Å². The minimum absolute atomic E-state index is 0.